The summed E-state index contributed by atoms with van der Waals surface area (Å²) in [6.45, 7) is 0. The third-order valence-electron chi connectivity index (χ3n) is 2.51. The van der Waals surface area contributed by atoms with E-state index in [1.807, 2.05) is 6.07 Å². The molecule has 74 valence electrons. The lowest BCUT2D eigenvalue weighted by atomic mass is 9.99. The lowest BCUT2D eigenvalue weighted by Crippen LogP contribution is -2.05. The lowest BCUT2D eigenvalue weighted by molar-refractivity contribution is -0.118. The lowest BCUT2D eigenvalue weighted by Gasteiger charge is -2.09. The van der Waals surface area contributed by atoms with Gasteiger partial charge in [-0.05, 0) is 34.8 Å². The number of carbonyl (C=O) groups is 1. The summed E-state index contributed by atoms with van der Waals surface area (Å²) in [5, 5.41) is 0.452. The van der Waals surface area contributed by atoms with Gasteiger partial charge in [0.15, 0.2) is 0 Å². The first-order chi connectivity index (χ1) is 6.68. The zero-order valence-electron chi connectivity index (χ0n) is 7.46. The van der Waals surface area contributed by atoms with Crippen molar-refractivity contribution in [2.45, 2.75) is 25.2 Å². The molecule has 1 heterocycles. The molecule has 1 aromatic rings. The Hall–Kier alpha value is -0.410. The summed E-state index contributed by atoms with van der Waals surface area (Å²) in [4.78, 5) is 15.6. The Labute approximate surface area is 95.8 Å². The summed E-state index contributed by atoms with van der Waals surface area (Å²) in [5.74, 6) is 0.249. The minimum absolute atomic E-state index is 0.0347. The second kappa shape index (κ2) is 3.99. The first kappa shape index (κ1) is 10.1. The van der Waals surface area contributed by atoms with Crippen LogP contribution < -0.4 is 0 Å². The second-order valence-electron chi connectivity index (χ2n) is 3.44. The first-order valence-electron chi connectivity index (χ1n) is 4.52. The summed E-state index contributed by atoms with van der Waals surface area (Å²) < 4.78 is 0.872. The molecular weight excluding hydrogens is 265 g/mol. The van der Waals surface area contributed by atoms with Crippen LogP contribution in [0, 0.1) is 0 Å². The van der Waals surface area contributed by atoms with Gasteiger partial charge in [-0.1, -0.05) is 11.6 Å². The van der Waals surface area contributed by atoms with E-state index >= 15 is 0 Å². The Bertz CT molecular complexity index is 380. The number of halogens is 2. The van der Waals surface area contributed by atoms with Gasteiger partial charge in [-0.3, -0.25) is 4.79 Å². The smallest absolute Gasteiger partial charge is 0.140 e. The Kier molecular flexibility index (Phi) is 2.88. The highest BCUT2D eigenvalue weighted by molar-refractivity contribution is 9.10. The van der Waals surface area contributed by atoms with Crippen molar-refractivity contribution < 1.29 is 4.79 Å². The molecule has 0 spiro atoms. The van der Waals surface area contributed by atoms with Gasteiger partial charge in [-0.2, -0.15) is 0 Å². The number of pyridine rings is 1. The number of Topliss-reactive ketones (excluding diaryl/α,β-unsaturated/α-hetero) is 1. The molecule has 0 radical (unpaired) electrons. The number of hydrogen-bond acceptors (Lipinski definition) is 2. The highest BCUT2D eigenvalue weighted by atomic mass is 79.9. The monoisotopic (exact) mass is 273 g/mol. The van der Waals surface area contributed by atoms with Crippen molar-refractivity contribution in [1.29, 1.82) is 0 Å². The van der Waals surface area contributed by atoms with Crippen LogP contribution >= 0.6 is 27.5 Å². The van der Waals surface area contributed by atoms with Crippen LogP contribution in [0.2, 0.25) is 5.15 Å². The topological polar surface area (TPSA) is 30.0 Å². The molecule has 4 heteroatoms. The molecule has 0 saturated heterocycles. The number of rotatable bonds is 1. The van der Waals surface area contributed by atoms with E-state index < -0.39 is 0 Å². The SMILES string of the molecule is O=C1CCCC1c1cc(Br)cnc1Cl. The van der Waals surface area contributed by atoms with Crippen molar-refractivity contribution in [3.05, 3.63) is 27.5 Å². The molecule has 1 fully saturated rings. The second-order valence-corrected chi connectivity index (χ2v) is 4.72. The third-order valence-corrected chi connectivity index (χ3v) is 3.26. The summed E-state index contributed by atoms with van der Waals surface area (Å²) in [6, 6.07) is 1.89. The average Bonchev–Trinajstić information content (AvgIpc) is 2.56. The fraction of sp³-hybridized carbons (Fsp3) is 0.400. The Morgan fingerprint density at radius 2 is 2.36 bits per heavy atom. The minimum Gasteiger partial charge on any atom is -0.299 e. The van der Waals surface area contributed by atoms with Gasteiger partial charge in [0.05, 0.1) is 0 Å². The molecule has 1 aliphatic carbocycles. The molecule has 0 bridgehead atoms. The normalized spacial score (nSPS) is 21.6. The van der Waals surface area contributed by atoms with Crippen LogP contribution in [0.3, 0.4) is 0 Å². The maximum atomic E-state index is 11.5. The predicted octanol–water partition coefficient (Wildman–Crippen LogP) is 3.33. The zero-order chi connectivity index (χ0) is 10.1. The van der Waals surface area contributed by atoms with Gasteiger partial charge >= 0.3 is 0 Å². The van der Waals surface area contributed by atoms with Crippen LogP contribution in [-0.4, -0.2) is 10.8 Å². The van der Waals surface area contributed by atoms with E-state index in [0.29, 0.717) is 11.6 Å². The van der Waals surface area contributed by atoms with Gasteiger partial charge in [0.25, 0.3) is 0 Å². The van der Waals surface area contributed by atoms with Crippen molar-refractivity contribution >= 4 is 33.3 Å². The van der Waals surface area contributed by atoms with E-state index in [0.717, 1.165) is 22.9 Å². The van der Waals surface area contributed by atoms with Crippen LogP contribution in [0.4, 0.5) is 0 Å². The van der Waals surface area contributed by atoms with Crippen LogP contribution in [0.15, 0.2) is 16.7 Å². The molecular formula is C10H9BrClNO. The van der Waals surface area contributed by atoms with E-state index in [2.05, 4.69) is 20.9 Å². The molecule has 2 nitrogen and oxygen atoms in total. The Morgan fingerprint density at radius 1 is 1.57 bits per heavy atom. The molecule has 14 heavy (non-hydrogen) atoms. The van der Waals surface area contributed by atoms with Crippen molar-refractivity contribution in [3.63, 3.8) is 0 Å². The highest BCUT2D eigenvalue weighted by Crippen LogP contribution is 2.35. The molecule has 0 amide bonds. The van der Waals surface area contributed by atoms with Gasteiger partial charge in [0.2, 0.25) is 0 Å². The molecule has 0 aliphatic heterocycles. The number of nitrogens with zero attached hydrogens (tertiary/aromatic N) is 1. The summed E-state index contributed by atoms with van der Waals surface area (Å²) in [7, 11) is 0. The Morgan fingerprint density at radius 3 is 3.00 bits per heavy atom. The van der Waals surface area contributed by atoms with E-state index in [1.165, 1.54) is 0 Å². The maximum absolute atomic E-state index is 11.5. The highest BCUT2D eigenvalue weighted by Gasteiger charge is 2.28. The van der Waals surface area contributed by atoms with Gasteiger partial charge < -0.3 is 0 Å². The standard InChI is InChI=1S/C10H9BrClNO/c11-6-4-8(10(12)13-5-6)7-2-1-3-9(7)14/h4-5,7H,1-3H2. The van der Waals surface area contributed by atoms with Crippen molar-refractivity contribution in [2.75, 3.05) is 0 Å². The van der Waals surface area contributed by atoms with Crippen LogP contribution in [0.25, 0.3) is 0 Å². The Balaban J connectivity index is 2.39. The van der Waals surface area contributed by atoms with Crippen molar-refractivity contribution in [2.24, 2.45) is 0 Å². The summed E-state index contributed by atoms with van der Waals surface area (Å²) in [5.41, 5.74) is 0.864. The molecule has 1 aromatic heterocycles. The molecule has 0 aromatic carbocycles. The summed E-state index contributed by atoms with van der Waals surface area (Å²) in [6.07, 6.45) is 4.18. The molecule has 0 N–H and O–H groups in total. The fourth-order valence-corrected chi connectivity index (χ4v) is 2.41. The largest absolute Gasteiger partial charge is 0.299 e. The number of hydrogen-bond donors (Lipinski definition) is 0. The van der Waals surface area contributed by atoms with E-state index in [-0.39, 0.29) is 11.7 Å². The molecule has 1 atom stereocenters. The average molecular weight is 275 g/mol. The van der Waals surface area contributed by atoms with Crippen LogP contribution in [0.1, 0.15) is 30.7 Å². The zero-order valence-corrected chi connectivity index (χ0v) is 9.81. The molecule has 1 saturated carbocycles. The number of carbonyl (C=O) groups excluding carboxylic acids is 1. The first-order valence-corrected chi connectivity index (χ1v) is 5.69. The number of ketones is 1. The quantitative estimate of drug-likeness (QED) is 0.735. The van der Waals surface area contributed by atoms with Crippen molar-refractivity contribution in [3.8, 4) is 0 Å². The van der Waals surface area contributed by atoms with Gasteiger partial charge in [0.1, 0.15) is 10.9 Å². The maximum Gasteiger partial charge on any atom is 0.140 e. The number of aromatic nitrogens is 1. The van der Waals surface area contributed by atoms with E-state index in [4.69, 9.17) is 11.6 Å². The van der Waals surface area contributed by atoms with Crippen LogP contribution in [0.5, 0.6) is 0 Å². The van der Waals surface area contributed by atoms with Gasteiger partial charge in [0, 0.05) is 28.6 Å². The predicted molar refractivity (Wildman–Crippen MR) is 58.5 cm³/mol. The van der Waals surface area contributed by atoms with Gasteiger partial charge in [-0.25, -0.2) is 4.98 Å². The molecule has 1 unspecified atom stereocenters. The molecule has 1 aliphatic rings. The van der Waals surface area contributed by atoms with E-state index in [1.54, 1.807) is 6.20 Å². The minimum atomic E-state index is -0.0347. The third kappa shape index (κ3) is 1.84. The molecule has 2 rings (SSSR count). The fourth-order valence-electron chi connectivity index (χ4n) is 1.83. The van der Waals surface area contributed by atoms with Crippen LogP contribution in [-0.2, 0) is 4.79 Å². The van der Waals surface area contributed by atoms with Gasteiger partial charge in [-0.15, -0.1) is 0 Å². The summed E-state index contributed by atoms with van der Waals surface area (Å²) >= 11 is 9.29. The van der Waals surface area contributed by atoms with E-state index in [9.17, 15) is 4.79 Å². The van der Waals surface area contributed by atoms with Crippen molar-refractivity contribution in [1.82, 2.24) is 4.98 Å².